The van der Waals surface area contributed by atoms with Crippen LogP contribution in [0.4, 0.5) is 5.69 Å². The molecule has 3 rings (SSSR count). The van der Waals surface area contributed by atoms with Gasteiger partial charge in [0.25, 0.3) is 5.69 Å². The van der Waals surface area contributed by atoms with Crippen molar-refractivity contribution in [2.24, 2.45) is 0 Å². The normalized spacial score (nSPS) is 17.4. The van der Waals surface area contributed by atoms with Gasteiger partial charge in [0.05, 0.1) is 15.4 Å². The monoisotopic (exact) mass is 394 g/mol. The van der Waals surface area contributed by atoms with E-state index in [1.54, 1.807) is 6.92 Å². The van der Waals surface area contributed by atoms with Crippen LogP contribution in [-0.2, 0) is 15.6 Å². The Morgan fingerprint density at radius 1 is 1.19 bits per heavy atom. The second kappa shape index (κ2) is 7.35. The average Bonchev–Trinajstić information content (AvgIpc) is 2.91. The fraction of sp³-hybridized carbons (Fsp3) is 0.529. The van der Waals surface area contributed by atoms with Gasteiger partial charge in [-0.25, -0.2) is 8.42 Å². The standard InChI is InChI=1S/C17H22N4O5S/c1-12-14(21(22)23)8-7-9-15(12)27(24,25)20-17(10-5-3-4-6-11-17)16-18-13(2)26-19-16/h7-9,20H,3-6,10-11H2,1-2H3. The van der Waals surface area contributed by atoms with E-state index in [2.05, 4.69) is 14.9 Å². The number of sulfonamides is 1. The van der Waals surface area contributed by atoms with E-state index in [0.29, 0.717) is 24.6 Å². The minimum absolute atomic E-state index is 0.100. The van der Waals surface area contributed by atoms with Crippen molar-refractivity contribution in [3.63, 3.8) is 0 Å². The van der Waals surface area contributed by atoms with Gasteiger partial charge in [0, 0.05) is 18.6 Å². The molecule has 0 atom stereocenters. The summed E-state index contributed by atoms with van der Waals surface area (Å²) in [4.78, 5) is 14.8. The van der Waals surface area contributed by atoms with Gasteiger partial charge in [0.1, 0.15) is 0 Å². The predicted molar refractivity (Wildman–Crippen MR) is 96.6 cm³/mol. The predicted octanol–water partition coefficient (Wildman–Crippen LogP) is 3.12. The van der Waals surface area contributed by atoms with Crippen molar-refractivity contribution >= 4 is 15.7 Å². The highest BCUT2D eigenvalue weighted by molar-refractivity contribution is 7.89. The van der Waals surface area contributed by atoms with Crippen molar-refractivity contribution in [2.75, 3.05) is 0 Å². The van der Waals surface area contributed by atoms with E-state index >= 15 is 0 Å². The maximum atomic E-state index is 13.2. The Morgan fingerprint density at radius 2 is 1.85 bits per heavy atom. The quantitative estimate of drug-likeness (QED) is 0.468. The van der Waals surface area contributed by atoms with Gasteiger partial charge in [-0.05, 0) is 25.8 Å². The molecular formula is C17H22N4O5S. The highest BCUT2D eigenvalue weighted by Crippen LogP contribution is 2.37. The molecule has 10 heteroatoms. The maximum absolute atomic E-state index is 13.2. The highest BCUT2D eigenvalue weighted by Gasteiger charge is 2.41. The maximum Gasteiger partial charge on any atom is 0.273 e. The molecule has 0 bridgehead atoms. The molecule has 0 radical (unpaired) electrons. The molecule has 0 aliphatic heterocycles. The molecule has 27 heavy (non-hydrogen) atoms. The number of nitro benzene ring substituents is 1. The summed E-state index contributed by atoms with van der Waals surface area (Å²) in [6, 6.07) is 4.03. The molecule has 1 aromatic heterocycles. The van der Waals surface area contributed by atoms with Gasteiger partial charge >= 0.3 is 0 Å². The number of nitro groups is 1. The number of aromatic nitrogens is 2. The highest BCUT2D eigenvalue weighted by atomic mass is 32.2. The van der Waals surface area contributed by atoms with E-state index in [1.165, 1.54) is 25.1 Å². The van der Waals surface area contributed by atoms with Gasteiger partial charge in [-0.15, -0.1) is 0 Å². The smallest absolute Gasteiger partial charge is 0.273 e. The molecule has 146 valence electrons. The minimum Gasteiger partial charge on any atom is -0.340 e. The van der Waals surface area contributed by atoms with Gasteiger partial charge in [-0.2, -0.15) is 9.71 Å². The fourth-order valence-electron chi connectivity index (χ4n) is 3.60. The van der Waals surface area contributed by atoms with Crippen LogP contribution < -0.4 is 4.72 Å². The molecule has 1 aliphatic carbocycles. The first-order valence-corrected chi connectivity index (χ1v) is 10.3. The van der Waals surface area contributed by atoms with Gasteiger partial charge in [0.15, 0.2) is 5.82 Å². The third-order valence-electron chi connectivity index (χ3n) is 4.98. The Labute approximate surface area is 157 Å². The Bertz CT molecular complexity index is 946. The van der Waals surface area contributed by atoms with Crippen LogP contribution in [0.1, 0.15) is 55.8 Å². The summed E-state index contributed by atoms with van der Waals surface area (Å²) in [7, 11) is -4.04. The van der Waals surface area contributed by atoms with Gasteiger partial charge < -0.3 is 4.52 Å². The molecule has 1 saturated carbocycles. The summed E-state index contributed by atoms with van der Waals surface area (Å²) >= 11 is 0. The molecule has 0 spiro atoms. The number of rotatable bonds is 5. The zero-order chi connectivity index (χ0) is 19.7. The Balaban J connectivity index is 2.05. The molecule has 0 saturated heterocycles. The molecule has 1 N–H and O–H groups in total. The van der Waals surface area contributed by atoms with E-state index in [1.807, 2.05) is 0 Å². The number of benzene rings is 1. The van der Waals surface area contributed by atoms with Crippen LogP contribution in [0.25, 0.3) is 0 Å². The lowest BCUT2D eigenvalue weighted by Crippen LogP contribution is -2.46. The van der Waals surface area contributed by atoms with Crippen LogP contribution in [0, 0.1) is 24.0 Å². The number of nitrogens with zero attached hydrogens (tertiary/aromatic N) is 3. The largest absolute Gasteiger partial charge is 0.340 e. The van der Waals surface area contributed by atoms with E-state index in [-0.39, 0.29) is 16.1 Å². The summed E-state index contributed by atoms with van der Waals surface area (Å²) in [5, 5.41) is 15.2. The lowest BCUT2D eigenvalue weighted by Gasteiger charge is -2.30. The molecule has 0 amide bonds. The first-order valence-electron chi connectivity index (χ1n) is 8.84. The number of nitrogens with one attached hydrogen (secondary N) is 1. The third kappa shape index (κ3) is 3.86. The van der Waals surface area contributed by atoms with Gasteiger partial charge in [-0.1, -0.05) is 36.9 Å². The van der Waals surface area contributed by atoms with Crippen molar-refractivity contribution in [2.45, 2.75) is 62.8 Å². The van der Waals surface area contributed by atoms with E-state index < -0.39 is 20.5 Å². The summed E-state index contributed by atoms with van der Waals surface area (Å²) in [6.45, 7) is 3.09. The van der Waals surface area contributed by atoms with E-state index in [9.17, 15) is 18.5 Å². The summed E-state index contributed by atoms with van der Waals surface area (Å²) in [5.41, 5.74) is -1.12. The first kappa shape index (κ1) is 19.4. The van der Waals surface area contributed by atoms with Crippen LogP contribution in [-0.4, -0.2) is 23.5 Å². The molecule has 0 unspecified atom stereocenters. The zero-order valence-corrected chi connectivity index (χ0v) is 16.1. The lowest BCUT2D eigenvalue weighted by atomic mass is 9.91. The average molecular weight is 394 g/mol. The van der Waals surface area contributed by atoms with E-state index in [4.69, 9.17) is 4.52 Å². The summed E-state index contributed by atoms with van der Waals surface area (Å²) in [5.74, 6) is 0.674. The van der Waals surface area contributed by atoms with Crippen LogP contribution in [0.2, 0.25) is 0 Å². The van der Waals surface area contributed by atoms with Crippen LogP contribution in [0.5, 0.6) is 0 Å². The molecular weight excluding hydrogens is 372 g/mol. The zero-order valence-electron chi connectivity index (χ0n) is 15.3. The lowest BCUT2D eigenvalue weighted by molar-refractivity contribution is -0.385. The Kier molecular flexibility index (Phi) is 5.29. The van der Waals surface area contributed by atoms with Crippen molar-refractivity contribution in [1.29, 1.82) is 0 Å². The molecule has 1 fully saturated rings. The first-order chi connectivity index (χ1) is 12.8. The molecule has 1 aliphatic rings. The second-order valence-corrected chi connectivity index (χ2v) is 8.55. The molecule has 1 heterocycles. The number of aryl methyl sites for hydroxylation is 1. The topological polar surface area (TPSA) is 128 Å². The Hall–Kier alpha value is -2.33. The third-order valence-corrected chi connectivity index (χ3v) is 6.66. The van der Waals surface area contributed by atoms with Crippen LogP contribution in [0.15, 0.2) is 27.6 Å². The molecule has 1 aromatic carbocycles. The van der Waals surface area contributed by atoms with E-state index in [0.717, 1.165) is 25.7 Å². The Morgan fingerprint density at radius 3 is 2.41 bits per heavy atom. The van der Waals surface area contributed by atoms with Crippen molar-refractivity contribution in [3.8, 4) is 0 Å². The van der Waals surface area contributed by atoms with Crippen LogP contribution in [0.3, 0.4) is 0 Å². The fourth-order valence-corrected chi connectivity index (χ4v) is 5.29. The SMILES string of the molecule is Cc1nc(C2(NS(=O)(=O)c3cccc([N+](=O)[O-])c3C)CCCCCC2)no1. The van der Waals surface area contributed by atoms with Crippen LogP contribution >= 0.6 is 0 Å². The summed E-state index contributed by atoms with van der Waals surface area (Å²) < 4.78 is 34.2. The molecule has 9 nitrogen and oxygen atoms in total. The number of hydrogen-bond donors (Lipinski definition) is 1. The second-order valence-electron chi connectivity index (χ2n) is 6.90. The minimum atomic E-state index is -4.04. The van der Waals surface area contributed by atoms with Crippen molar-refractivity contribution < 1.29 is 17.9 Å². The van der Waals surface area contributed by atoms with Gasteiger partial charge in [-0.3, -0.25) is 10.1 Å². The van der Waals surface area contributed by atoms with Crippen molar-refractivity contribution in [3.05, 3.63) is 45.6 Å². The van der Waals surface area contributed by atoms with Gasteiger partial charge in [0.2, 0.25) is 15.9 Å². The van der Waals surface area contributed by atoms with Crippen molar-refractivity contribution in [1.82, 2.24) is 14.9 Å². The number of hydrogen-bond acceptors (Lipinski definition) is 7. The summed E-state index contributed by atoms with van der Waals surface area (Å²) in [6.07, 6.45) is 4.72. The molecule has 2 aromatic rings.